The van der Waals surface area contributed by atoms with Gasteiger partial charge in [0.1, 0.15) is 12.6 Å². The highest BCUT2D eigenvalue weighted by Gasteiger charge is 2.29. The van der Waals surface area contributed by atoms with Gasteiger partial charge in [0.05, 0.1) is 47.6 Å². The number of rotatable bonds is 11. The highest BCUT2D eigenvalue weighted by atomic mass is 16.5. The monoisotopic (exact) mass is 332 g/mol. The lowest BCUT2D eigenvalue weighted by atomic mass is 10.1. The lowest BCUT2D eigenvalue weighted by Gasteiger charge is -2.23. The molecule has 0 aromatic carbocycles. The van der Waals surface area contributed by atoms with Crippen molar-refractivity contribution in [1.29, 1.82) is 0 Å². The molecule has 1 aliphatic heterocycles. The molecule has 23 heavy (non-hydrogen) atoms. The second-order valence-corrected chi connectivity index (χ2v) is 6.79. The number of carbonyl (C=O) groups is 2. The summed E-state index contributed by atoms with van der Waals surface area (Å²) in [5, 5.41) is 14.5. The number of carbonyl (C=O) groups excluding carboxylic acids is 1. The summed E-state index contributed by atoms with van der Waals surface area (Å²) in [6.07, 6.45) is 0.690. The quantitative estimate of drug-likeness (QED) is 0.333. The Morgan fingerprint density at radius 2 is 1.83 bits per heavy atom. The summed E-state index contributed by atoms with van der Waals surface area (Å²) in [4.78, 5) is 22.5. The normalized spacial score (nSPS) is 21.3. The number of nitrogens with one attached hydrogen (secondary N) is 2. The molecule has 0 radical (unpaired) electrons. The number of hydrogen-bond acceptors (Lipinski definition) is 5. The summed E-state index contributed by atoms with van der Waals surface area (Å²) in [6.45, 7) is 3.45. The van der Waals surface area contributed by atoms with Gasteiger partial charge in [-0.15, -0.1) is 0 Å². The zero-order valence-corrected chi connectivity index (χ0v) is 14.3. The van der Waals surface area contributed by atoms with E-state index in [0.29, 0.717) is 39.4 Å². The number of likely N-dealkylation sites (N-methyl/N-ethyl adjacent to an activating group) is 1. The number of carboxylic acids is 1. The summed E-state index contributed by atoms with van der Waals surface area (Å²) in [5.74, 6) is -0.996. The van der Waals surface area contributed by atoms with Crippen molar-refractivity contribution in [2.45, 2.75) is 24.9 Å². The summed E-state index contributed by atoms with van der Waals surface area (Å²) in [5.41, 5.74) is 0. The van der Waals surface area contributed by atoms with Gasteiger partial charge in [-0.3, -0.25) is 9.59 Å². The third-order valence-corrected chi connectivity index (χ3v) is 3.55. The van der Waals surface area contributed by atoms with Crippen LogP contribution in [-0.4, -0.2) is 94.2 Å². The molecule has 1 saturated heterocycles. The van der Waals surface area contributed by atoms with Crippen LogP contribution >= 0.6 is 0 Å². The fraction of sp³-hybridized carbons (Fsp3) is 0.867. The van der Waals surface area contributed by atoms with Crippen LogP contribution in [0.3, 0.4) is 0 Å². The Balaban J connectivity index is 1.96. The molecule has 0 aromatic heterocycles. The van der Waals surface area contributed by atoms with Crippen molar-refractivity contribution in [3.63, 3.8) is 0 Å². The van der Waals surface area contributed by atoms with Crippen molar-refractivity contribution in [3.8, 4) is 0 Å². The van der Waals surface area contributed by atoms with Crippen molar-refractivity contribution in [3.05, 3.63) is 0 Å². The maximum absolute atomic E-state index is 11.7. The van der Waals surface area contributed by atoms with Crippen LogP contribution < -0.4 is 10.6 Å². The molecule has 1 heterocycles. The first-order valence-electron chi connectivity index (χ1n) is 7.99. The van der Waals surface area contributed by atoms with E-state index in [1.807, 2.05) is 0 Å². The molecule has 1 fully saturated rings. The third kappa shape index (κ3) is 9.50. The van der Waals surface area contributed by atoms with E-state index in [4.69, 9.17) is 14.6 Å². The van der Waals surface area contributed by atoms with Gasteiger partial charge in [0.25, 0.3) is 0 Å². The van der Waals surface area contributed by atoms with Crippen LogP contribution in [0.1, 0.15) is 12.8 Å². The molecular formula is C15H30N3O5+. The minimum absolute atomic E-state index is 0.117. The van der Waals surface area contributed by atoms with Crippen molar-refractivity contribution in [2.24, 2.45) is 0 Å². The molecule has 0 aliphatic carbocycles. The van der Waals surface area contributed by atoms with Crippen molar-refractivity contribution in [1.82, 2.24) is 10.6 Å². The number of amides is 1. The first-order valence-corrected chi connectivity index (χ1v) is 7.99. The summed E-state index contributed by atoms with van der Waals surface area (Å²) in [6, 6.07) is -0.692. The molecular weight excluding hydrogens is 302 g/mol. The minimum atomic E-state index is -0.879. The fourth-order valence-corrected chi connectivity index (χ4v) is 2.16. The second-order valence-electron chi connectivity index (χ2n) is 6.79. The average molecular weight is 332 g/mol. The fourth-order valence-electron chi connectivity index (χ4n) is 2.16. The molecule has 8 nitrogen and oxygen atoms in total. The van der Waals surface area contributed by atoms with Crippen LogP contribution in [0.2, 0.25) is 0 Å². The third-order valence-electron chi connectivity index (χ3n) is 3.55. The van der Waals surface area contributed by atoms with Crippen molar-refractivity contribution < 1.29 is 28.7 Å². The second kappa shape index (κ2) is 9.82. The lowest BCUT2D eigenvalue weighted by molar-refractivity contribution is -0.870. The Morgan fingerprint density at radius 1 is 1.17 bits per heavy atom. The number of hydrogen-bond donors (Lipinski definition) is 3. The molecule has 0 unspecified atom stereocenters. The van der Waals surface area contributed by atoms with E-state index in [-0.39, 0.29) is 18.4 Å². The standard InChI is InChI=1S/C15H29N3O5/c1-18(2,3)5-7-23-9-8-22-6-4-14(19)17-12-10-13(15(20)21)16-11-12/h12-13,16H,4-11H2,1-3H3,(H-,17,19,20,21)/p+1/t12-,13+/m0/s1. The van der Waals surface area contributed by atoms with E-state index < -0.39 is 12.0 Å². The van der Waals surface area contributed by atoms with Gasteiger partial charge in [0, 0.05) is 19.0 Å². The molecule has 1 rings (SSSR count). The van der Waals surface area contributed by atoms with Gasteiger partial charge in [-0.05, 0) is 6.42 Å². The maximum atomic E-state index is 11.7. The average Bonchev–Trinajstić information content (AvgIpc) is 2.89. The summed E-state index contributed by atoms with van der Waals surface area (Å²) >= 11 is 0. The minimum Gasteiger partial charge on any atom is -0.480 e. The number of carboxylic acid groups (broad SMARTS) is 1. The Labute approximate surface area is 137 Å². The van der Waals surface area contributed by atoms with Crippen LogP contribution in [0, 0.1) is 0 Å². The molecule has 134 valence electrons. The predicted molar refractivity (Wildman–Crippen MR) is 85.1 cm³/mol. The molecule has 8 heteroatoms. The molecule has 0 saturated carbocycles. The highest BCUT2D eigenvalue weighted by molar-refractivity contribution is 5.77. The lowest BCUT2D eigenvalue weighted by Crippen LogP contribution is -2.37. The van der Waals surface area contributed by atoms with Gasteiger partial charge in [-0.25, -0.2) is 0 Å². The van der Waals surface area contributed by atoms with Crippen LogP contribution in [0.4, 0.5) is 0 Å². The Bertz CT molecular complexity index is 384. The molecule has 1 aliphatic rings. The van der Waals surface area contributed by atoms with Crippen LogP contribution in [0.5, 0.6) is 0 Å². The SMILES string of the molecule is C[N+](C)(C)CCOCCOCCC(=O)N[C@@H]1CN[C@@H](C(=O)O)C1. The Hall–Kier alpha value is -1.22. The van der Waals surface area contributed by atoms with Crippen molar-refractivity contribution in [2.75, 3.05) is 60.7 Å². The first-order chi connectivity index (χ1) is 10.8. The van der Waals surface area contributed by atoms with Crippen LogP contribution in [0.25, 0.3) is 0 Å². The van der Waals surface area contributed by atoms with E-state index in [1.165, 1.54) is 0 Å². The first kappa shape index (κ1) is 19.8. The largest absolute Gasteiger partial charge is 0.480 e. The number of aliphatic carboxylic acids is 1. The van der Waals surface area contributed by atoms with Gasteiger partial charge in [0.2, 0.25) is 5.91 Å². The molecule has 3 N–H and O–H groups in total. The Kier molecular flexibility index (Phi) is 8.46. The van der Waals surface area contributed by atoms with Gasteiger partial charge in [0.15, 0.2) is 0 Å². The van der Waals surface area contributed by atoms with E-state index in [2.05, 4.69) is 31.8 Å². The number of ether oxygens (including phenoxy) is 2. The van der Waals surface area contributed by atoms with Gasteiger partial charge < -0.3 is 29.7 Å². The van der Waals surface area contributed by atoms with E-state index in [1.54, 1.807) is 0 Å². The maximum Gasteiger partial charge on any atom is 0.320 e. The number of quaternary nitrogens is 1. The van der Waals surface area contributed by atoms with Crippen molar-refractivity contribution >= 4 is 11.9 Å². The van der Waals surface area contributed by atoms with Gasteiger partial charge >= 0.3 is 5.97 Å². The zero-order chi connectivity index (χ0) is 17.3. The molecule has 1 amide bonds. The molecule has 2 atom stereocenters. The molecule has 0 bridgehead atoms. The van der Waals surface area contributed by atoms with E-state index >= 15 is 0 Å². The van der Waals surface area contributed by atoms with E-state index in [9.17, 15) is 9.59 Å². The summed E-state index contributed by atoms with van der Waals surface area (Å²) in [7, 11) is 6.32. The highest BCUT2D eigenvalue weighted by Crippen LogP contribution is 2.06. The number of nitrogens with zero attached hydrogens (tertiary/aromatic N) is 1. The smallest absolute Gasteiger partial charge is 0.320 e. The molecule has 0 aromatic rings. The van der Waals surface area contributed by atoms with Gasteiger partial charge in [-0.1, -0.05) is 0 Å². The molecule has 0 spiro atoms. The zero-order valence-electron chi connectivity index (χ0n) is 14.3. The van der Waals surface area contributed by atoms with Gasteiger partial charge in [-0.2, -0.15) is 0 Å². The van der Waals surface area contributed by atoms with Crippen LogP contribution in [-0.2, 0) is 19.1 Å². The van der Waals surface area contributed by atoms with E-state index in [0.717, 1.165) is 11.0 Å². The summed E-state index contributed by atoms with van der Waals surface area (Å²) < 4.78 is 11.7. The Morgan fingerprint density at radius 3 is 2.39 bits per heavy atom. The van der Waals surface area contributed by atoms with Crippen LogP contribution in [0.15, 0.2) is 0 Å². The topological polar surface area (TPSA) is 96.9 Å². The predicted octanol–water partition coefficient (Wildman–Crippen LogP) is -0.953.